The Bertz CT molecular complexity index is 713. The minimum absolute atomic E-state index is 0.819. The van der Waals surface area contributed by atoms with Gasteiger partial charge in [-0.1, -0.05) is 84.9 Å². The third-order valence-corrected chi connectivity index (χ3v) is 3.53. The molecule has 3 rings (SSSR count). The molecule has 22 heavy (non-hydrogen) atoms. The summed E-state index contributed by atoms with van der Waals surface area (Å²) in [6.45, 7) is 0.819. The lowest BCUT2D eigenvalue weighted by atomic mass is 10.1. The van der Waals surface area contributed by atoms with E-state index in [9.17, 15) is 0 Å². The van der Waals surface area contributed by atoms with Crippen molar-refractivity contribution >= 4 is 11.8 Å². The van der Waals surface area contributed by atoms with Crippen molar-refractivity contribution in [2.45, 2.75) is 0 Å². The van der Waals surface area contributed by atoms with E-state index in [1.54, 1.807) is 0 Å². The Morgan fingerprint density at radius 2 is 1.23 bits per heavy atom. The molecule has 1 heteroatoms. The first-order valence-electron chi connectivity index (χ1n) is 7.53. The van der Waals surface area contributed by atoms with Crippen molar-refractivity contribution in [3.63, 3.8) is 0 Å². The van der Waals surface area contributed by atoms with Crippen molar-refractivity contribution in [2.24, 2.45) is 0 Å². The van der Waals surface area contributed by atoms with Gasteiger partial charge in [-0.15, -0.1) is 0 Å². The van der Waals surface area contributed by atoms with Crippen molar-refractivity contribution in [3.8, 4) is 11.1 Å². The molecule has 0 aliphatic rings. The molecule has 0 saturated carbocycles. The highest BCUT2D eigenvalue weighted by Gasteiger charge is 1.96. The van der Waals surface area contributed by atoms with Crippen molar-refractivity contribution in [1.29, 1.82) is 0 Å². The molecule has 0 heterocycles. The summed E-state index contributed by atoms with van der Waals surface area (Å²) in [6, 6.07) is 29.3. The first-order chi connectivity index (χ1) is 10.9. The van der Waals surface area contributed by atoms with E-state index in [1.807, 2.05) is 12.1 Å². The Balaban J connectivity index is 1.57. The third-order valence-electron chi connectivity index (χ3n) is 3.53. The van der Waals surface area contributed by atoms with E-state index in [-0.39, 0.29) is 0 Å². The molecule has 0 fully saturated rings. The van der Waals surface area contributed by atoms with E-state index in [1.165, 1.54) is 16.7 Å². The van der Waals surface area contributed by atoms with Crippen LogP contribution in [0.5, 0.6) is 0 Å². The minimum Gasteiger partial charge on any atom is -0.382 e. The van der Waals surface area contributed by atoms with Crippen molar-refractivity contribution < 1.29 is 0 Å². The quantitative estimate of drug-likeness (QED) is 0.654. The summed E-state index contributed by atoms with van der Waals surface area (Å²) in [4.78, 5) is 0. The Morgan fingerprint density at radius 3 is 1.91 bits per heavy atom. The summed E-state index contributed by atoms with van der Waals surface area (Å²) in [5, 5.41) is 3.41. The van der Waals surface area contributed by atoms with Gasteiger partial charge < -0.3 is 5.32 Å². The monoisotopic (exact) mass is 285 g/mol. The summed E-state index contributed by atoms with van der Waals surface area (Å²) in [7, 11) is 0. The summed E-state index contributed by atoms with van der Waals surface area (Å²) >= 11 is 0. The number of anilines is 1. The van der Waals surface area contributed by atoms with Gasteiger partial charge in [-0.2, -0.15) is 0 Å². The highest BCUT2D eigenvalue weighted by Crippen LogP contribution is 2.20. The van der Waals surface area contributed by atoms with E-state index in [2.05, 4.69) is 90.3 Å². The largest absolute Gasteiger partial charge is 0.382 e. The van der Waals surface area contributed by atoms with E-state index in [0.29, 0.717) is 0 Å². The Kier molecular flexibility index (Phi) is 4.68. The van der Waals surface area contributed by atoms with Gasteiger partial charge in [-0.3, -0.25) is 0 Å². The van der Waals surface area contributed by atoms with E-state index in [4.69, 9.17) is 0 Å². The van der Waals surface area contributed by atoms with Crippen molar-refractivity contribution in [3.05, 3.63) is 96.6 Å². The van der Waals surface area contributed by atoms with Crippen LogP contribution in [0.3, 0.4) is 0 Å². The fraction of sp³-hybridized carbons (Fsp3) is 0.0476. The molecule has 0 aromatic heterocycles. The lowest BCUT2D eigenvalue weighted by Gasteiger charge is -2.06. The first kappa shape index (κ1) is 14.2. The summed E-state index contributed by atoms with van der Waals surface area (Å²) in [6.07, 6.45) is 4.27. The lowest BCUT2D eigenvalue weighted by molar-refractivity contribution is 1.34. The van der Waals surface area contributed by atoms with Crippen LogP contribution in [0.1, 0.15) is 5.56 Å². The molecular formula is C21H19N. The Hall–Kier alpha value is -2.80. The molecule has 0 bridgehead atoms. The number of hydrogen-bond acceptors (Lipinski definition) is 1. The van der Waals surface area contributed by atoms with Crippen LogP contribution in [0.25, 0.3) is 17.2 Å². The zero-order chi connectivity index (χ0) is 15.0. The van der Waals surface area contributed by atoms with Gasteiger partial charge in [0.15, 0.2) is 0 Å². The van der Waals surface area contributed by atoms with Crippen LogP contribution in [0.15, 0.2) is 91.0 Å². The normalized spacial score (nSPS) is 10.7. The highest BCUT2D eigenvalue weighted by molar-refractivity contribution is 5.66. The maximum Gasteiger partial charge on any atom is 0.0343 e. The molecule has 0 spiro atoms. The average molecular weight is 285 g/mol. The van der Waals surface area contributed by atoms with Crippen LogP contribution in [0.2, 0.25) is 0 Å². The molecule has 0 amide bonds. The number of nitrogens with one attached hydrogen (secondary N) is 1. The van der Waals surface area contributed by atoms with Gasteiger partial charge in [0.1, 0.15) is 0 Å². The molecule has 3 aromatic carbocycles. The zero-order valence-corrected chi connectivity index (χ0v) is 12.4. The average Bonchev–Trinajstić information content (AvgIpc) is 2.61. The minimum atomic E-state index is 0.819. The van der Waals surface area contributed by atoms with Gasteiger partial charge in [-0.05, 0) is 28.8 Å². The van der Waals surface area contributed by atoms with Crippen LogP contribution >= 0.6 is 0 Å². The first-order valence-corrected chi connectivity index (χ1v) is 7.53. The molecule has 0 aliphatic carbocycles. The van der Waals surface area contributed by atoms with Gasteiger partial charge in [-0.25, -0.2) is 0 Å². The molecule has 0 unspecified atom stereocenters. The van der Waals surface area contributed by atoms with E-state index in [0.717, 1.165) is 12.2 Å². The third kappa shape index (κ3) is 3.86. The van der Waals surface area contributed by atoms with Gasteiger partial charge >= 0.3 is 0 Å². The van der Waals surface area contributed by atoms with E-state index >= 15 is 0 Å². The molecule has 0 aliphatic heterocycles. The van der Waals surface area contributed by atoms with Crippen molar-refractivity contribution in [2.75, 3.05) is 11.9 Å². The maximum atomic E-state index is 3.41. The predicted molar refractivity (Wildman–Crippen MR) is 95.8 cm³/mol. The number of hydrogen-bond donors (Lipinski definition) is 1. The second kappa shape index (κ2) is 7.28. The van der Waals surface area contributed by atoms with Crippen LogP contribution in [-0.2, 0) is 0 Å². The fourth-order valence-electron chi connectivity index (χ4n) is 2.35. The Labute approximate surface area is 132 Å². The van der Waals surface area contributed by atoms with Crippen molar-refractivity contribution in [1.82, 2.24) is 0 Å². The topological polar surface area (TPSA) is 12.0 Å². The summed E-state index contributed by atoms with van der Waals surface area (Å²) in [5.74, 6) is 0. The van der Waals surface area contributed by atoms with Crippen LogP contribution < -0.4 is 5.32 Å². The fourth-order valence-corrected chi connectivity index (χ4v) is 2.35. The second-order valence-corrected chi connectivity index (χ2v) is 5.14. The maximum absolute atomic E-state index is 3.41. The lowest BCUT2D eigenvalue weighted by Crippen LogP contribution is -1.97. The molecule has 1 nitrogen and oxygen atoms in total. The molecular weight excluding hydrogens is 266 g/mol. The van der Waals surface area contributed by atoms with Crippen LogP contribution in [-0.4, -0.2) is 6.54 Å². The van der Waals surface area contributed by atoms with Gasteiger partial charge in [0, 0.05) is 12.2 Å². The molecule has 1 N–H and O–H groups in total. The van der Waals surface area contributed by atoms with Gasteiger partial charge in [0.2, 0.25) is 0 Å². The number of benzene rings is 3. The molecule has 3 aromatic rings. The SMILES string of the molecule is C(=C\c1ccccc1)/CNc1ccc(-c2ccccc2)cc1. The standard InChI is InChI=1S/C21H19N/c1-3-8-18(9-4-1)10-7-17-22-21-15-13-20(14-16-21)19-11-5-2-6-12-19/h1-16,22H,17H2/b10-7+. The second-order valence-electron chi connectivity index (χ2n) is 5.14. The van der Waals surface area contributed by atoms with Crippen LogP contribution in [0, 0.1) is 0 Å². The smallest absolute Gasteiger partial charge is 0.0343 e. The predicted octanol–water partition coefficient (Wildman–Crippen LogP) is 5.48. The highest BCUT2D eigenvalue weighted by atomic mass is 14.8. The van der Waals surface area contributed by atoms with Gasteiger partial charge in [0.25, 0.3) is 0 Å². The van der Waals surface area contributed by atoms with E-state index < -0.39 is 0 Å². The molecule has 0 saturated heterocycles. The summed E-state index contributed by atoms with van der Waals surface area (Å²) < 4.78 is 0. The molecule has 0 radical (unpaired) electrons. The van der Waals surface area contributed by atoms with Gasteiger partial charge in [0.05, 0.1) is 0 Å². The molecule has 0 atom stereocenters. The number of rotatable bonds is 5. The van der Waals surface area contributed by atoms with Crippen LogP contribution in [0.4, 0.5) is 5.69 Å². The Morgan fingerprint density at radius 1 is 0.636 bits per heavy atom. The summed E-state index contributed by atoms with van der Waals surface area (Å²) in [5.41, 5.74) is 4.85. The zero-order valence-electron chi connectivity index (χ0n) is 12.4. The molecule has 108 valence electrons.